The maximum atomic E-state index is 12.5. The molecule has 1 heterocycles. The van der Waals surface area contributed by atoms with E-state index in [1.54, 1.807) is 17.3 Å². The first kappa shape index (κ1) is 18.0. The minimum absolute atomic E-state index is 0.0185. The van der Waals surface area contributed by atoms with Crippen molar-refractivity contribution >= 4 is 17.3 Å². The number of nitrogens with one attached hydrogen (secondary N) is 1. The number of nitrogens with zero attached hydrogens (tertiary/aromatic N) is 2. The van der Waals surface area contributed by atoms with Crippen LogP contribution < -0.4 is 5.32 Å². The van der Waals surface area contributed by atoms with Crippen LogP contribution in [0.4, 0.5) is 11.4 Å². The summed E-state index contributed by atoms with van der Waals surface area (Å²) < 4.78 is 0. The molecule has 2 rings (SSSR count). The third kappa shape index (κ3) is 3.94. The van der Waals surface area contributed by atoms with E-state index in [9.17, 15) is 4.79 Å². The van der Waals surface area contributed by atoms with E-state index in [2.05, 4.69) is 49.3 Å². The molecule has 24 heavy (non-hydrogen) atoms. The van der Waals surface area contributed by atoms with Crippen molar-refractivity contribution in [2.24, 2.45) is 0 Å². The van der Waals surface area contributed by atoms with Crippen LogP contribution in [0.2, 0.25) is 0 Å². The number of rotatable bonds is 6. The number of carbonyl (C=O) groups excluding carboxylic acids is 1. The van der Waals surface area contributed by atoms with E-state index in [0.717, 1.165) is 11.4 Å². The summed E-state index contributed by atoms with van der Waals surface area (Å²) in [5.41, 5.74) is 4.99. The van der Waals surface area contributed by atoms with Crippen LogP contribution >= 0.6 is 0 Å². The number of aryl methyl sites for hydroxylation is 1. The molecule has 1 aromatic carbocycles. The van der Waals surface area contributed by atoms with Gasteiger partial charge in [-0.2, -0.15) is 0 Å². The van der Waals surface area contributed by atoms with Crippen LogP contribution in [0.3, 0.4) is 0 Å². The first-order valence-electron chi connectivity index (χ1n) is 8.58. The van der Waals surface area contributed by atoms with Crippen molar-refractivity contribution in [2.45, 2.75) is 40.5 Å². The number of carbonyl (C=O) groups is 1. The molecule has 0 spiro atoms. The average Bonchev–Trinajstić information content (AvgIpc) is 2.57. The second-order valence-corrected chi connectivity index (χ2v) is 6.26. The fraction of sp³-hybridized carbons (Fsp3) is 0.400. The standard InChI is InChI=1S/C20H27N3O/c1-6-23(7-2)20(24)16-11-17(13-21-12-16)22-19-15(5)9-8-10-18(19)14(3)4/h8-14,22H,6-7H2,1-5H3. The number of hydrogen-bond donors (Lipinski definition) is 1. The summed E-state index contributed by atoms with van der Waals surface area (Å²) in [6.45, 7) is 11.8. The van der Waals surface area contributed by atoms with Crippen molar-refractivity contribution in [3.8, 4) is 0 Å². The van der Waals surface area contributed by atoms with Gasteiger partial charge < -0.3 is 10.2 Å². The molecule has 1 N–H and O–H groups in total. The van der Waals surface area contributed by atoms with Gasteiger partial charge in [-0.15, -0.1) is 0 Å². The van der Waals surface area contributed by atoms with Crippen molar-refractivity contribution < 1.29 is 4.79 Å². The van der Waals surface area contributed by atoms with Crippen LogP contribution in [0.1, 0.15) is 55.1 Å². The van der Waals surface area contributed by atoms with E-state index in [1.165, 1.54) is 11.1 Å². The molecule has 0 fully saturated rings. The Morgan fingerprint density at radius 1 is 1.21 bits per heavy atom. The highest BCUT2D eigenvalue weighted by atomic mass is 16.2. The summed E-state index contributed by atoms with van der Waals surface area (Å²) >= 11 is 0. The zero-order valence-electron chi connectivity index (χ0n) is 15.3. The highest BCUT2D eigenvalue weighted by Crippen LogP contribution is 2.30. The van der Waals surface area contributed by atoms with Gasteiger partial charge in [0, 0.05) is 25.0 Å². The lowest BCUT2D eigenvalue weighted by Crippen LogP contribution is -2.30. The van der Waals surface area contributed by atoms with Crippen LogP contribution in [-0.4, -0.2) is 28.9 Å². The van der Waals surface area contributed by atoms with Gasteiger partial charge in [0.2, 0.25) is 0 Å². The lowest BCUT2D eigenvalue weighted by molar-refractivity contribution is 0.0772. The van der Waals surface area contributed by atoms with Gasteiger partial charge in [0.1, 0.15) is 0 Å². The van der Waals surface area contributed by atoms with Crippen molar-refractivity contribution in [3.63, 3.8) is 0 Å². The van der Waals surface area contributed by atoms with Crippen LogP contribution in [0, 0.1) is 6.92 Å². The summed E-state index contributed by atoms with van der Waals surface area (Å²) in [6.07, 6.45) is 3.39. The van der Waals surface area contributed by atoms with Crippen molar-refractivity contribution in [3.05, 3.63) is 53.3 Å². The number of aromatic nitrogens is 1. The number of benzene rings is 1. The van der Waals surface area contributed by atoms with Gasteiger partial charge in [-0.25, -0.2) is 0 Å². The fourth-order valence-electron chi connectivity index (χ4n) is 2.81. The summed E-state index contributed by atoms with van der Waals surface area (Å²) in [5.74, 6) is 0.436. The molecular formula is C20H27N3O. The van der Waals surface area contributed by atoms with Crippen LogP contribution in [0.15, 0.2) is 36.7 Å². The quantitative estimate of drug-likeness (QED) is 0.834. The third-order valence-electron chi connectivity index (χ3n) is 4.23. The maximum absolute atomic E-state index is 12.5. The van der Waals surface area contributed by atoms with Gasteiger partial charge in [-0.3, -0.25) is 9.78 Å². The lowest BCUT2D eigenvalue weighted by atomic mass is 9.98. The highest BCUT2D eigenvalue weighted by Gasteiger charge is 2.14. The predicted molar refractivity (Wildman–Crippen MR) is 100 cm³/mol. The lowest BCUT2D eigenvalue weighted by Gasteiger charge is -2.20. The minimum atomic E-state index is 0.0185. The van der Waals surface area contributed by atoms with E-state index in [4.69, 9.17) is 0 Å². The summed E-state index contributed by atoms with van der Waals surface area (Å²) in [7, 11) is 0. The first-order valence-corrected chi connectivity index (χ1v) is 8.58. The van der Waals surface area contributed by atoms with E-state index in [-0.39, 0.29) is 5.91 Å². The zero-order chi connectivity index (χ0) is 17.7. The topological polar surface area (TPSA) is 45.2 Å². The van der Waals surface area contributed by atoms with Gasteiger partial charge in [-0.1, -0.05) is 32.0 Å². The minimum Gasteiger partial charge on any atom is -0.354 e. The second-order valence-electron chi connectivity index (χ2n) is 6.26. The molecule has 0 saturated heterocycles. The van der Waals surface area contributed by atoms with E-state index in [0.29, 0.717) is 24.6 Å². The molecule has 0 aliphatic rings. The fourth-order valence-corrected chi connectivity index (χ4v) is 2.81. The number of pyridine rings is 1. The molecule has 4 heteroatoms. The normalized spacial score (nSPS) is 10.8. The zero-order valence-corrected chi connectivity index (χ0v) is 15.3. The summed E-state index contributed by atoms with van der Waals surface area (Å²) in [6, 6.07) is 8.18. The van der Waals surface area contributed by atoms with E-state index < -0.39 is 0 Å². The van der Waals surface area contributed by atoms with Crippen molar-refractivity contribution in [2.75, 3.05) is 18.4 Å². The Kier molecular flexibility index (Phi) is 5.96. The molecule has 0 aliphatic carbocycles. The molecule has 4 nitrogen and oxygen atoms in total. The molecule has 0 bridgehead atoms. The summed E-state index contributed by atoms with van der Waals surface area (Å²) in [4.78, 5) is 18.6. The van der Waals surface area contributed by atoms with Gasteiger partial charge in [0.15, 0.2) is 0 Å². The second kappa shape index (κ2) is 7.95. The van der Waals surface area contributed by atoms with E-state index >= 15 is 0 Å². The molecule has 0 atom stereocenters. The molecule has 1 aromatic heterocycles. The molecule has 0 aliphatic heterocycles. The Balaban J connectivity index is 2.33. The SMILES string of the molecule is CCN(CC)C(=O)c1cncc(Nc2c(C)cccc2C(C)C)c1. The van der Waals surface area contributed by atoms with Gasteiger partial charge in [0.25, 0.3) is 5.91 Å². The predicted octanol–water partition coefficient (Wildman–Crippen LogP) is 4.74. The Hall–Kier alpha value is -2.36. The van der Waals surface area contributed by atoms with Gasteiger partial charge in [0.05, 0.1) is 17.4 Å². The Bertz CT molecular complexity index is 706. The number of amides is 1. The monoisotopic (exact) mass is 325 g/mol. The van der Waals surface area contributed by atoms with Crippen LogP contribution in [0.5, 0.6) is 0 Å². The van der Waals surface area contributed by atoms with E-state index in [1.807, 2.05) is 19.9 Å². The molecule has 0 saturated carbocycles. The van der Waals surface area contributed by atoms with Gasteiger partial charge >= 0.3 is 0 Å². The Morgan fingerprint density at radius 2 is 1.92 bits per heavy atom. The molecule has 0 unspecified atom stereocenters. The summed E-state index contributed by atoms with van der Waals surface area (Å²) in [5, 5.41) is 3.46. The molecule has 128 valence electrons. The van der Waals surface area contributed by atoms with Gasteiger partial charge in [-0.05, 0) is 43.9 Å². The van der Waals surface area contributed by atoms with Crippen LogP contribution in [0.25, 0.3) is 0 Å². The maximum Gasteiger partial charge on any atom is 0.255 e. The van der Waals surface area contributed by atoms with Crippen LogP contribution in [-0.2, 0) is 0 Å². The number of hydrogen-bond acceptors (Lipinski definition) is 3. The van der Waals surface area contributed by atoms with Crippen molar-refractivity contribution in [1.82, 2.24) is 9.88 Å². The highest BCUT2D eigenvalue weighted by molar-refractivity contribution is 5.95. The number of anilines is 2. The smallest absolute Gasteiger partial charge is 0.255 e. The molecular weight excluding hydrogens is 298 g/mol. The van der Waals surface area contributed by atoms with Crippen molar-refractivity contribution in [1.29, 1.82) is 0 Å². The molecule has 0 radical (unpaired) electrons. The Labute approximate surface area is 144 Å². The number of para-hydroxylation sites is 1. The third-order valence-corrected chi connectivity index (χ3v) is 4.23. The average molecular weight is 325 g/mol. The molecule has 2 aromatic rings. The Morgan fingerprint density at radius 3 is 2.54 bits per heavy atom. The molecule has 1 amide bonds. The largest absolute Gasteiger partial charge is 0.354 e. The first-order chi connectivity index (χ1) is 11.5.